The van der Waals surface area contributed by atoms with Crippen molar-refractivity contribution in [3.05, 3.63) is 69.3 Å². The second-order valence-corrected chi connectivity index (χ2v) is 9.14. The largest absolute Gasteiger partial charge is 0.352 e. The number of hydrogen-bond acceptors (Lipinski definition) is 6. The Labute approximate surface area is 189 Å². The number of anilines is 1. The first kappa shape index (κ1) is 20.6. The average Bonchev–Trinajstić information content (AvgIpc) is 3.44. The van der Waals surface area contributed by atoms with Gasteiger partial charge in [0.15, 0.2) is 0 Å². The lowest BCUT2D eigenvalue weighted by Gasteiger charge is -2.36. The van der Waals surface area contributed by atoms with E-state index in [0.29, 0.717) is 32.7 Å². The van der Waals surface area contributed by atoms with Gasteiger partial charge in [-0.15, -0.1) is 11.3 Å². The van der Waals surface area contributed by atoms with Crippen LogP contribution in [-0.2, 0) is 13.0 Å². The number of halogens is 1. The van der Waals surface area contributed by atoms with Gasteiger partial charge in [0.2, 0.25) is 0 Å². The number of nitrogens with one attached hydrogen (secondary N) is 1. The lowest BCUT2D eigenvalue weighted by Crippen LogP contribution is -2.52. The molecular formula is C23H23FN6OS. The van der Waals surface area contributed by atoms with E-state index in [1.54, 1.807) is 29.8 Å². The molecule has 1 fully saturated rings. The van der Waals surface area contributed by atoms with Crippen molar-refractivity contribution in [2.45, 2.75) is 19.9 Å². The summed E-state index contributed by atoms with van der Waals surface area (Å²) in [6.45, 7) is 5.02. The zero-order valence-corrected chi connectivity index (χ0v) is 18.5. The third-order valence-corrected chi connectivity index (χ3v) is 6.77. The summed E-state index contributed by atoms with van der Waals surface area (Å²) in [6, 6.07) is 6.05. The number of benzene rings is 1. The summed E-state index contributed by atoms with van der Waals surface area (Å²) in [5.41, 5.74) is 4.21. The third-order valence-electron chi connectivity index (χ3n) is 5.78. The highest BCUT2D eigenvalue weighted by Gasteiger charge is 2.27. The first-order valence-electron chi connectivity index (χ1n) is 10.6. The molecule has 2 aromatic heterocycles. The Morgan fingerprint density at radius 3 is 2.62 bits per heavy atom. The Balaban J connectivity index is 1.22. The van der Waals surface area contributed by atoms with Gasteiger partial charge in [-0.1, -0.05) is 12.1 Å². The SMILES string of the molecule is Cc1ncc(C2=Cc3c(ncnc3N3CCN(C(=O)NCc4ccc(F)cc4)CC3)C2)s1. The normalized spacial score (nSPS) is 15.5. The lowest BCUT2D eigenvalue weighted by atomic mass is 10.2. The van der Waals surface area contributed by atoms with E-state index in [2.05, 4.69) is 31.2 Å². The van der Waals surface area contributed by atoms with Crippen molar-refractivity contribution in [2.24, 2.45) is 0 Å². The van der Waals surface area contributed by atoms with Crippen LogP contribution in [0, 0.1) is 12.7 Å². The number of aromatic nitrogens is 3. The molecule has 164 valence electrons. The first-order chi connectivity index (χ1) is 15.6. The van der Waals surface area contributed by atoms with Crippen LogP contribution < -0.4 is 10.2 Å². The van der Waals surface area contributed by atoms with Crippen molar-refractivity contribution in [2.75, 3.05) is 31.1 Å². The van der Waals surface area contributed by atoms with Crippen LogP contribution in [0.1, 0.15) is 26.7 Å². The second-order valence-electron chi connectivity index (χ2n) is 7.91. The fourth-order valence-corrected chi connectivity index (χ4v) is 4.84. The highest BCUT2D eigenvalue weighted by Crippen LogP contribution is 2.36. The van der Waals surface area contributed by atoms with Crippen molar-refractivity contribution < 1.29 is 9.18 Å². The van der Waals surface area contributed by atoms with Crippen LogP contribution in [0.4, 0.5) is 15.0 Å². The van der Waals surface area contributed by atoms with Gasteiger partial charge in [-0.05, 0) is 36.3 Å². The van der Waals surface area contributed by atoms with Crippen molar-refractivity contribution in [1.29, 1.82) is 0 Å². The maximum Gasteiger partial charge on any atom is 0.317 e. The molecule has 1 aliphatic heterocycles. The van der Waals surface area contributed by atoms with Gasteiger partial charge in [0, 0.05) is 50.9 Å². The molecule has 0 spiro atoms. The van der Waals surface area contributed by atoms with E-state index in [0.717, 1.165) is 34.1 Å². The van der Waals surface area contributed by atoms with Gasteiger partial charge in [-0.25, -0.2) is 24.1 Å². The molecule has 2 amide bonds. The number of aryl methyl sites for hydroxylation is 1. The predicted molar refractivity (Wildman–Crippen MR) is 123 cm³/mol. The first-order valence-corrected chi connectivity index (χ1v) is 11.4. The van der Waals surface area contributed by atoms with Gasteiger partial charge in [0.25, 0.3) is 0 Å². The summed E-state index contributed by atoms with van der Waals surface area (Å²) in [5.74, 6) is 0.647. The molecule has 7 nitrogen and oxygen atoms in total. The Bertz CT molecular complexity index is 1170. The molecule has 9 heteroatoms. The number of hydrogen-bond donors (Lipinski definition) is 1. The van der Waals surface area contributed by atoms with E-state index in [4.69, 9.17) is 0 Å². The maximum atomic E-state index is 13.0. The van der Waals surface area contributed by atoms with Gasteiger partial charge in [0.1, 0.15) is 18.0 Å². The highest BCUT2D eigenvalue weighted by molar-refractivity contribution is 7.12. The quantitative estimate of drug-likeness (QED) is 0.659. The number of allylic oxidation sites excluding steroid dienone is 1. The molecule has 1 aromatic carbocycles. The Morgan fingerprint density at radius 1 is 1.12 bits per heavy atom. The van der Waals surface area contributed by atoms with Crippen LogP contribution >= 0.6 is 11.3 Å². The summed E-state index contributed by atoms with van der Waals surface area (Å²) in [5, 5.41) is 3.97. The number of amides is 2. The number of carbonyl (C=O) groups excluding carboxylic acids is 1. The summed E-state index contributed by atoms with van der Waals surface area (Å²) in [4.78, 5) is 31.2. The zero-order valence-electron chi connectivity index (χ0n) is 17.7. The molecule has 0 unspecified atom stereocenters. The number of urea groups is 1. The highest BCUT2D eigenvalue weighted by atomic mass is 32.1. The molecular weight excluding hydrogens is 427 g/mol. The molecule has 32 heavy (non-hydrogen) atoms. The van der Waals surface area contributed by atoms with Crippen molar-refractivity contribution in [1.82, 2.24) is 25.2 Å². The van der Waals surface area contributed by atoms with Crippen LogP contribution in [0.2, 0.25) is 0 Å². The molecule has 0 bridgehead atoms. The van der Waals surface area contributed by atoms with E-state index in [-0.39, 0.29) is 11.8 Å². The molecule has 5 rings (SSSR count). The number of fused-ring (bicyclic) bond motifs is 1. The summed E-state index contributed by atoms with van der Waals surface area (Å²) < 4.78 is 13.0. The predicted octanol–water partition coefficient (Wildman–Crippen LogP) is 3.51. The van der Waals surface area contributed by atoms with Crippen LogP contribution in [0.3, 0.4) is 0 Å². The summed E-state index contributed by atoms with van der Waals surface area (Å²) >= 11 is 1.69. The number of rotatable bonds is 4. The van der Waals surface area contributed by atoms with Gasteiger partial charge in [-0.2, -0.15) is 0 Å². The second kappa shape index (κ2) is 8.66. The summed E-state index contributed by atoms with van der Waals surface area (Å²) in [7, 11) is 0. The van der Waals surface area contributed by atoms with Gasteiger partial charge >= 0.3 is 6.03 Å². The number of piperazine rings is 1. The van der Waals surface area contributed by atoms with Crippen molar-refractivity contribution in [3.8, 4) is 0 Å². The minimum Gasteiger partial charge on any atom is -0.352 e. The average molecular weight is 451 g/mol. The minimum absolute atomic E-state index is 0.107. The molecule has 0 saturated carbocycles. The molecule has 2 aliphatic rings. The Hall–Kier alpha value is -3.33. The van der Waals surface area contributed by atoms with E-state index in [1.807, 2.05) is 18.0 Å². The molecule has 3 aromatic rings. The topological polar surface area (TPSA) is 74.2 Å². The fraction of sp³-hybridized carbons (Fsp3) is 0.304. The van der Waals surface area contributed by atoms with Gasteiger partial charge in [-0.3, -0.25) is 0 Å². The molecule has 1 saturated heterocycles. The molecule has 1 aliphatic carbocycles. The lowest BCUT2D eigenvalue weighted by molar-refractivity contribution is 0.194. The molecule has 0 atom stereocenters. The van der Waals surface area contributed by atoms with E-state index in [1.165, 1.54) is 22.6 Å². The monoisotopic (exact) mass is 450 g/mol. The van der Waals surface area contributed by atoms with Gasteiger partial charge in [0.05, 0.1) is 15.6 Å². The number of thiazole rings is 1. The van der Waals surface area contributed by atoms with Crippen LogP contribution in [0.5, 0.6) is 0 Å². The smallest absolute Gasteiger partial charge is 0.317 e. The third kappa shape index (κ3) is 4.20. The van der Waals surface area contributed by atoms with Crippen LogP contribution in [0.15, 0.2) is 36.8 Å². The number of carbonyl (C=O) groups is 1. The zero-order chi connectivity index (χ0) is 22.1. The number of nitrogens with zero attached hydrogens (tertiary/aromatic N) is 5. The van der Waals surface area contributed by atoms with E-state index in [9.17, 15) is 9.18 Å². The van der Waals surface area contributed by atoms with Crippen LogP contribution in [0.25, 0.3) is 11.6 Å². The fourth-order valence-electron chi connectivity index (χ4n) is 4.05. The van der Waals surface area contributed by atoms with Crippen molar-refractivity contribution in [3.63, 3.8) is 0 Å². The molecule has 0 radical (unpaired) electrons. The molecule has 1 N–H and O–H groups in total. The standard InChI is InChI=1S/C23H23FN6OS/c1-15-25-13-21(32-15)17-10-19-20(11-17)27-14-28-22(19)29-6-8-30(9-7-29)23(31)26-12-16-2-4-18(24)5-3-16/h2-5,10,13-14H,6-9,11-12H2,1H3,(H,26,31). The molecule has 3 heterocycles. The minimum atomic E-state index is -0.281. The maximum absolute atomic E-state index is 13.0. The van der Waals surface area contributed by atoms with Gasteiger partial charge < -0.3 is 15.1 Å². The van der Waals surface area contributed by atoms with E-state index < -0.39 is 0 Å². The summed E-state index contributed by atoms with van der Waals surface area (Å²) in [6.07, 6.45) is 6.52. The van der Waals surface area contributed by atoms with Crippen LogP contribution in [-0.4, -0.2) is 52.1 Å². The van der Waals surface area contributed by atoms with E-state index >= 15 is 0 Å². The van der Waals surface area contributed by atoms with Crippen molar-refractivity contribution >= 4 is 34.8 Å². The Morgan fingerprint density at radius 2 is 1.91 bits per heavy atom. The Kier molecular flexibility index (Phi) is 5.57.